The Morgan fingerprint density at radius 2 is 2.22 bits per heavy atom. The van der Waals surface area contributed by atoms with Gasteiger partial charge in [0.25, 0.3) is 0 Å². The van der Waals surface area contributed by atoms with Crippen molar-refractivity contribution in [2.75, 3.05) is 13.6 Å². The van der Waals surface area contributed by atoms with Gasteiger partial charge in [0, 0.05) is 39.6 Å². The van der Waals surface area contributed by atoms with Crippen LogP contribution in [-0.2, 0) is 13.6 Å². The predicted molar refractivity (Wildman–Crippen MR) is 75.5 cm³/mol. The van der Waals surface area contributed by atoms with Crippen LogP contribution in [0.25, 0.3) is 0 Å². The molecule has 1 atom stereocenters. The van der Waals surface area contributed by atoms with E-state index >= 15 is 0 Å². The molecule has 0 aliphatic heterocycles. The second-order valence-corrected chi connectivity index (χ2v) is 5.88. The molecule has 0 spiro atoms. The normalized spacial score (nSPS) is 21.8. The molecule has 1 fully saturated rings. The summed E-state index contributed by atoms with van der Waals surface area (Å²) >= 11 is 0. The van der Waals surface area contributed by atoms with Gasteiger partial charge in [-0.15, -0.1) is 0 Å². The molecule has 1 unspecified atom stereocenters. The number of nitrogens with one attached hydrogen (secondary N) is 2. The molecule has 0 aromatic carbocycles. The summed E-state index contributed by atoms with van der Waals surface area (Å²) in [5.74, 6) is 1.68. The second kappa shape index (κ2) is 5.04. The monoisotopic (exact) mass is 248 g/mol. The highest BCUT2D eigenvalue weighted by Gasteiger charge is 2.45. The van der Waals surface area contributed by atoms with E-state index in [1.165, 1.54) is 12.0 Å². The molecule has 1 saturated carbocycles. The third-order valence-electron chi connectivity index (χ3n) is 3.81. The predicted octanol–water partition coefficient (Wildman–Crippen LogP) is 1.74. The first kappa shape index (κ1) is 13.0. The van der Waals surface area contributed by atoms with Crippen molar-refractivity contribution in [1.82, 2.24) is 15.2 Å². The minimum Gasteiger partial charge on any atom is -0.357 e. The molecule has 100 valence electrons. The Morgan fingerprint density at radius 3 is 2.72 bits per heavy atom. The van der Waals surface area contributed by atoms with E-state index in [0.717, 1.165) is 25.0 Å². The number of guanidine groups is 1. The van der Waals surface area contributed by atoms with Crippen LogP contribution in [0.15, 0.2) is 23.5 Å². The highest BCUT2D eigenvalue weighted by Crippen LogP contribution is 2.50. The van der Waals surface area contributed by atoms with Gasteiger partial charge >= 0.3 is 0 Å². The van der Waals surface area contributed by atoms with E-state index in [9.17, 15) is 0 Å². The van der Waals surface area contributed by atoms with Gasteiger partial charge < -0.3 is 15.2 Å². The van der Waals surface area contributed by atoms with Crippen LogP contribution in [0.1, 0.15) is 25.8 Å². The molecule has 4 nitrogen and oxygen atoms in total. The number of aromatic nitrogens is 1. The SMILES string of the molecule is CN=C(NCc1ccn(C)c1)NCC1CC1(C)C. The van der Waals surface area contributed by atoms with Crippen LogP contribution in [0.2, 0.25) is 0 Å². The van der Waals surface area contributed by atoms with Crippen molar-refractivity contribution in [3.8, 4) is 0 Å². The first-order valence-corrected chi connectivity index (χ1v) is 6.56. The molecule has 1 aromatic rings. The van der Waals surface area contributed by atoms with E-state index in [1.54, 1.807) is 0 Å². The third-order valence-corrected chi connectivity index (χ3v) is 3.81. The van der Waals surface area contributed by atoms with E-state index in [4.69, 9.17) is 0 Å². The standard InChI is InChI=1S/C14H24N4/c1-14(2)7-12(14)9-17-13(15-3)16-8-11-5-6-18(4)10-11/h5-6,10,12H,7-9H2,1-4H3,(H2,15,16,17). The molecule has 1 heterocycles. The summed E-state index contributed by atoms with van der Waals surface area (Å²) in [7, 11) is 3.85. The van der Waals surface area contributed by atoms with Crippen LogP contribution >= 0.6 is 0 Å². The first-order valence-electron chi connectivity index (χ1n) is 6.56. The maximum atomic E-state index is 4.25. The Balaban J connectivity index is 1.73. The number of aryl methyl sites for hydroxylation is 1. The molecule has 18 heavy (non-hydrogen) atoms. The molecule has 2 N–H and O–H groups in total. The van der Waals surface area contributed by atoms with E-state index in [0.29, 0.717) is 5.41 Å². The minimum absolute atomic E-state index is 0.519. The summed E-state index contributed by atoms with van der Waals surface area (Å²) in [6.45, 7) is 6.47. The average molecular weight is 248 g/mol. The molecule has 0 amide bonds. The lowest BCUT2D eigenvalue weighted by Crippen LogP contribution is -2.38. The van der Waals surface area contributed by atoms with Gasteiger partial charge in [0.1, 0.15) is 0 Å². The molecule has 1 aliphatic carbocycles. The Bertz CT molecular complexity index is 431. The molecule has 4 heteroatoms. The lowest BCUT2D eigenvalue weighted by molar-refractivity contribution is 0.548. The Hall–Kier alpha value is -1.45. The van der Waals surface area contributed by atoms with E-state index in [-0.39, 0.29) is 0 Å². The van der Waals surface area contributed by atoms with Gasteiger partial charge in [0.15, 0.2) is 5.96 Å². The highest BCUT2D eigenvalue weighted by molar-refractivity contribution is 5.79. The van der Waals surface area contributed by atoms with Gasteiger partial charge in [-0.05, 0) is 29.4 Å². The fraction of sp³-hybridized carbons (Fsp3) is 0.643. The number of rotatable bonds is 4. The Labute approximate surface area is 109 Å². The summed E-state index contributed by atoms with van der Waals surface area (Å²) in [5, 5.41) is 6.73. The fourth-order valence-corrected chi connectivity index (χ4v) is 2.22. The fourth-order valence-electron chi connectivity index (χ4n) is 2.22. The average Bonchev–Trinajstić information content (AvgIpc) is 2.72. The second-order valence-electron chi connectivity index (χ2n) is 5.88. The van der Waals surface area contributed by atoms with Crippen LogP contribution < -0.4 is 10.6 Å². The first-order chi connectivity index (χ1) is 8.51. The van der Waals surface area contributed by atoms with E-state index in [2.05, 4.69) is 52.5 Å². The van der Waals surface area contributed by atoms with Gasteiger partial charge in [-0.1, -0.05) is 13.8 Å². The number of hydrogen-bond donors (Lipinski definition) is 2. The largest absolute Gasteiger partial charge is 0.357 e. The Kier molecular flexibility index (Phi) is 3.64. The van der Waals surface area contributed by atoms with Gasteiger partial charge in [-0.3, -0.25) is 4.99 Å². The van der Waals surface area contributed by atoms with Gasteiger partial charge in [-0.25, -0.2) is 0 Å². The van der Waals surface area contributed by atoms with Crippen LogP contribution in [0.5, 0.6) is 0 Å². The van der Waals surface area contributed by atoms with Crippen LogP contribution in [0.3, 0.4) is 0 Å². The van der Waals surface area contributed by atoms with Gasteiger partial charge in [0.05, 0.1) is 0 Å². The molecular weight excluding hydrogens is 224 g/mol. The topological polar surface area (TPSA) is 41.4 Å². The zero-order valence-electron chi connectivity index (χ0n) is 11.8. The molecule has 1 aromatic heterocycles. The van der Waals surface area contributed by atoms with Crippen molar-refractivity contribution < 1.29 is 0 Å². The van der Waals surface area contributed by atoms with Gasteiger partial charge in [0.2, 0.25) is 0 Å². The summed E-state index contributed by atoms with van der Waals surface area (Å²) in [5.41, 5.74) is 1.79. The lowest BCUT2D eigenvalue weighted by Gasteiger charge is -2.12. The maximum Gasteiger partial charge on any atom is 0.191 e. The number of hydrogen-bond acceptors (Lipinski definition) is 1. The summed E-state index contributed by atoms with van der Waals surface area (Å²) in [4.78, 5) is 4.25. The molecule has 1 aliphatic rings. The van der Waals surface area contributed by atoms with Crippen molar-refractivity contribution in [2.24, 2.45) is 23.4 Å². The van der Waals surface area contributed by atoms with Gasteiger partial charge in [-0.2, -0.15) is 0 Å². The highest BCUT2D eigenvalue weighted by atomic mass is 15.2. The molecular formula is C14H24N4. The van der Waals surface area contributed by atoms with Crippen LogP contribution in [0.4, 0.5) is 0 Å². The van der Waals surface area contributed by atoms with E-state index < -0.39 is 0 Å². The van der Waals surface area contributed by atoms with Crippen LogP contribution in [-0.4, -0.2) is 24.1 Å². The molecule has 2 rings (SSSR count). The quantitative estimate of drug-likeness (QED) is 0.629. The van der Waals surface area contributed by atoms with Crippen molar-refractivity contribution in [2.45, 2.75) is 26.8 Å². The summed E-state index contributed by atoms with van der Waals surface area (Å²) < 4.78 is 2.06. The molecule has 0 bridgehead atoms. The van der Waals surface area contributed by atoms with Crippen molar-refractivity contribution in [1.29, 1.82) is 0 Å². The summed E-state index contributed by atoms with van der Waals surface area (Å²) in [6.07, 6.45) is 5.49. The van der Waals surface area contributed by atoms with Crippen molar-refractivity contribution in [3.63, 3.8) is 0 Å². The smallest absolute Gasteiger partial charge is 0.191 e. The lowest BCUT2D eigenvalue weighted by atomic mass is 10.1. The molecule has 0 saturated heterocycles. The Morgan fingerprint density at radius 1 is 1.50 bits per heavy atom. The van der Waals surface area contributed by atoms with Crippen LogP contribution in [0, 0.1) is 11.3 Å². The third kappa shape index (κ3) is 3.28. The van der Waals surface area contributed by atoms with Crippen molar-refractivity contribution >= 4 is 5.96 Å². The maximum absolute atomic E-state index is 4.25. The molecule has 0 radical (unpaired) electrons. The van der Waals surface area contributed by atoms with Crippen molar-refractivity contribution in [3.05, 3.63) is 24.0 Å². The number of aliphatic imine (C=N–C) groups is 1. The zero-order chi connectivity index (χ0) is 13.2. The minimum atomic E-state index is 0.519. The number of nitrogens with zero attached hydrogens (tertiary/aromatic N) is 2. The zero-order valence-corrected chi connectivity index (χ0v) is 11.8. The summed E-state index contributed by atoms with van der Waals surface area (Å²) in [6, 6.07) is 2.12. The van der Waals surface area contributed by atoms with E-state index in [1.807, 2.05) is 14.1 Å².